The first kappa shape index (κ1) is 10.4. The van der Waals surface area contributed by atoms with Crippen LogP contribution in [0.15, 0.2) is 42.7 Å². The fourth-order valence-electron chi connectivity index (χ4n) is 1.31. The van der Waals surface area contributed by atoms with Crippen molar-refractivity contribution in [1.29, 1.82) is 0 Å². The van der Waals surface area contributed by atoms with Gasteiger partial charge in [0, 0.05) is 0 Å². The highest BCUT2D eigenvalue weighted by Crippen LogP contribution is 2.13. The van der Waals surface area contributed by atoms with E-state index in [1.807, 2.05) is 42.5 Å². The molecule has 0 saturated heterocycles. The fourth-order valence-corrected chi connectivity index (χ4v) is 1.31. The molecule has 2 rings (SSSR count). The molecule has 0 amide bonds. The highest BCUT2D eigenvalue weighted by Gasteiger charge is 1.90. The van der Waals surface area contributed by atoms with Crippen LogP contribution in [0.25, 0.3) is 12.2 Å². The molecule has 0 bridgehead atoms. The van der Waals surface area contributed by atoms with E-state index in [4.69, 9.17) is 4.74 Å². The van der Waals surface area contributed by atoms with Gasteiger partial charge in [-0.05, 0) is 29.3 Å². The highest BCUT2D eigenvalue weighted by atomic mass is 16.5. The van der Waals surface area contributed by atoms with Gasteiger partial charge >= 0.3 is 0 Å². The van der Waals surface area contributed by atoms with Gasteiger partial charge in [-0.25, -0.2) is 0 Å². The van der Waals surface area contributed by atoms with Gasteiger partial charge in [0.05, 0.1) is 19.5 Å². The molecule has 80 valence electrons. The van der Waals surface area contributed by atoms with Crippen molar-refractivity contribution in [3.63, 3.8) is 0 Å². The average Bonchev–Trinajstić information content (AvgIpc) is 2.38. The van der Waals surface area contributed by atoms with Gasteiger partial charge in [-0.2, -0.15) is 10.2 Å². The lowest BCUT2D eigenvalue weighted by atomic mass is 10.2. The summed E-state index contributed by atoms with van der Waals surface area (Å²) < 4.78 is 5.09. The molecule has 0 atom stereocenters. The number of benzene rings is 1. The normalized spacial score (nSPS) is 10.6. The van der Waals surface area contributed by atoms with Gasteiger partial charge in [0.1, 0.15) is 5.75 Å². The van der Waals surface area contributed by atoms with Crippen molar-refractivity contribution in [3.05, 3.63) is 53.9 Å². The van der Waals surface area contributed by atoms with Crippen LogP contribution in [0.3, 0.4) is 0 Å². The second-order valence-corrected chi connectivity index (χ2v) is 3.28. The van der Waals surface area contributed by atoms with Crippen LogP contribution in [-0.2, 0) is 0 Å². The standard InChI is InChI=1S/C13H12N2O/c1-16-13-6-4-11(5-7-13)2-3-12-8-9-14-15-10-12/h2-10H,1H3/b3-2+. The van der Waals surface area contributed by atoms with E-state index < -0.39 is 0 Å². The monoisotopic (exact) mass is 212 g/mol. The molecule has 0 aliphatic carbocycles. The summed E-state index contributed by atoms with van der Waals surface area (Å²) in [6.45, 7) is 0. The van der Waals surface area contributed by atoms with Gasteiger partial charge in [-0.15, -0.1) is 0 Å². The third kappa shape index (κ3) is 2.67. The zero-order valence-corrected chi connectivity index (χ0v) is 9.00. The van der Waals surface area contributed by atoms with Crippen molar-refractivity contribution in [3.8, 4) is 5.75 Å². The summed E-state index contributed by atoms with van der Waals surface area (Å²) in [6, 6.07) is 9.79. The molecule has 0 aliphatic rings. The second kappa shape index (κ2) is 5.07. The third-order valence-electron chi connectivity index (χ3n) is 2.19. The largest absolute Gasteiger partial charge is 0.497 e. The van der Waals surface area contributed by atoms with Crippen LogP contribution in [0.4, 0.5) is 0 Å². The summed E-state index contributed by atoms with van der Waals surface area (Å²) in [5, 5.41) is 7.53. The summed E-state index contributed by atoms with van der Waals surface area (Å²) in [4.78, 5) is 0. The van der Waals surface area contributed by atoms with Crippen LogP contribution in [0.2, 0.25) is 0 Å². The highest BCUT2D eigenvalue weighted by molar-refractivity contribution is 5.69. The first-order valence-electron chi connectivity index (χ1n) is 4.97. The summed E-state index contributed by atoms with van der Waals surface area (Å²) in [5.74, 6) is 0.864. The Hall–Kier alpha value is -2.16. The van der Waals surface area contributed by atoms with E-state index >= 15 is 0 Å². The van der Waals surface area contributed by atoms with Crippen molar-refractivity contribution >= 4 is 12.2 Å². The lowest BCUT2D eigenvalue weighted by molar-refractivity contribution is 0.415. The Kier molecular flexibility index (Phi) is 3.28. The minimum absolute atomic E-state index is 0.864. The molecule has 0 radical (unpaired) electrons. The van der Waals surface area contributed by atoms with Crippen LogP contribution in [0.1, 0.15) is 11.1 Å². The quantitative estimate of drug-likeness (QED) is 0.784. The van der Waals surface area contributed by atoms with Crippen molar-refractivity contribution in [1.82, 2.24) is 10.2 Å². The molecule has 0 aliphatic heterocycles. The van der Waals surface area contributed by atoms with Crippen LogP contribution in [0, 0.1) is 0 Å². The smallest absolute Gasteiger partial charge is 0.118 e. The summed E-state index contributed by atoms with van der Waals surface area (Å²) in [5.41, 5.74) is 2.16. The minimum atomic E-state index is 0.864. The summed E-state index contributed by atoms with van der Waals surface area (Å²) in [7, 11) is 1.66. The van der Waals surface area contributed by atoms with Crippen molar-refractivity contribution < 1.29 is 4.74 Å². The SMILES string of the molecule is COc1ccc(/C=C/c2ccnnc2)cc1. The number of rotatable bonds is 3. The number of methoxy groups -OCH3 is 1. The van der Waals surface area contributed by atoms with Crippen LogP contribution < -0.4 is 4.74 Å². The van der Waals surface area contributed by atoms with E-state index in [0.717, 1.165) is 16.9 Å². The van der Waals surface area contributed by atoms with Crippen molar-refractivity contribution in [2.45, 2.75) is 0 Å². The number of hydrogen-bond acceptors (Lipinski definition) is 3. The van der Waals surface area contributed by atoms with E-state index in [9.17, 15) is 0 Å². The lowest BCUT2D eigenvalue weighted by Crippen LogP contribution is -1.81. The summed E-state index contributed by atoms with van der Waals surface area (Å²) >= 11 is 0. The molecule has 2 aromatic rings. The maximum Gasteiger partial charge on any atom is 0.118 e. The molecular weight excluding hydrogens is 200 g/mol. The Morgan fingerprint density at radius 2 is 1.69 bits per heavy atom. The number of hydrogen-bond donors (Lipinski definition) is 0. The van der Waals surface area contributed by atoms with E-state index in [1.165, 1.54) is 0 Å². The van der Waals surface area contributed by atoms with Gasteiger partial charge < -0.3 is 4.74 Å². The van der Waals surface area contributed by atoms with Gasteiger partial charge in [-0.1, -0.05) is 24.3 Å². The topological polar surface area (TPSA) is 35.0 Å². The number of nitrogens with zero attached hydrogens (tertiary/aromatic N) is 2. The molecule has 3 heteroatoms. The average molecular weight is 212 g/mol. The van der Waals surface area contributed by atoms with Crippen LogP contribution in [-0.4, -0.2) is 17.3 Å². The lowest BCUT2D eigenvalue weighted by Gasteiger charge is -1.98. The van der Waals surface area contributed by atoms with Gasteiger partial charge in [0.2, 0.25) is 0 Å². The molecule has 0 unspecified atom stereocenters. The third-order valence-corrected chi connectivity index (χ3v) is 2.19. The molecule has 16 heavy (non-hydrogen) atoms. The first-order valence-corrected chi connectivity index (χ1v) is 4.97. The van der Waals surface area contributed by atoms with Crippen LogP contribution >= 0.6 is 0 Å². The van der Waals surface area contributed by atoms with Crippen LogP contribution in [0.5, 0.6) is 5.75 Å². The van der Waals surface area contributed by atoms with Gasteiger partial charge in [0.25, 0.3) is 0 Å². The number of ether oxygens (including phenoxy) is 1. The molecule has 1 aromatic carbocycles. The Labute approximate surface area is 94.4 Å². The Morgan fingerprint density at radius 1 is 0.938 bits per heavy atom. The Morgan fingerprint density at radius 3 is 2.31 bits per heavy atom. The Bertz CT molecular complexity index is 463. The van der Waals surface area contributed by atoms with E-state index in [1.54, 1.807) is 19.5 Å². The zero-order valence-electron chi connectivity index (χ0n) is 9.00. The molecule has 1 heterocycles. The van der Waals surface area contributed by atoms with Crippen molar-refractivity contribution in [2.24, 2.45) is 0 Å². The molecule has 0 N–H and O–H groups in total. The fraction of sp³-hybridized carbons (Fsp3) is 0.0769. The van der Waals surface area contributed by atoms with Gasteiger partial charge in [-0.3, -0.25) is 0 Å². The second-order valence-electron chi connectivity index (χ2n) is 3.28. The molecular formula is C13H12N2O. The predicted molar refractivity (Wildman–Crippen MR) is 64.0 cm³/mol. The molecule has 0 saturated carbocycles. The maximum atomic E-state index is 5.09. The first-order chi connectivity index (χ1) is 7.88. The maximum absolute atomic E-state index is 5.09. The molecule has 0 spiro atoms. The van der Waals surface area contributed by atoms with E-state index in [2.05, 4.69) is 10.2 Å². The minimum Gasteiger partial charge on any atom is -0.497 e. The molecule has 1 aromatic heterocycles. The Balaban J connectivity index is 2.12. The van der Waals surface area contributed by atoms with E-state index in [-0.39, 0.29) is 0 Å². The molecule has 0 fully saturated rings. The van der Waals surface area contributed by atoms with Gasteiger partial charge in [0.15, 0.2) is 0 Å². The summed E-state index contributed by atoms with van der Waals surface area (Å²) in [6.07, 6.45) is 7.42. The zero-order chi connectivity index (χ0) is 11.2. The number of aromatic nitrogens is 2. The van der Waals surface area contributed by atoms with E-state index in [0.29, 0.717) is 0 Å². The van der Waals surface area contributed by atoms with Crippen molar-refractivity contribution in [2.75, 3.05) is 7.11 Å². The molecule has 3 nitrogen and oxygen atoms in total. The predicted octanol–water partition coefficient (Wildman–Crippen LogP) is 2.66.